The molecule has 0 amide bonds. The lowest BCUT2D eigenvalue weighted by molar-refractivity contribution is 0.297. The molecule has 0 spiro atoms. The molecule has 0 aromatic carbocycles. The Kier molecular flexibility index (Phi) is 4.68. The van der Waals surface area contributed by atoms with Crippen molar-refractivity contribution in [3.05, 3.63) is 18.3 Å². The maximum atomic E-state index is 5.50. The fourth-order valence-corrected chi connectivity index (χ4v) is 1.23. The van der Waals surface area contributed by atoms with Crippen molar-refractivity contribution >= 4 is 12.6 Å². The van der Waals surface area contributed by atoms with E-state index >= 15 is 0 Å². The van der Waals surface area contributed by atoms with Crippen LogP contribution in [0.25, 0.3) is 0 Å². The van der Waals surface area contributed by atoms with Crippen molar-refractivity contribution in [3.63, 3.8) is 0 Å². The predicted molar refractivity (Wildman–Crippen MR) is 56.5 cm³/mol. The zero-order valence-corrected chi connectivity index (χ0v) is 8.76. The van der Waals surface area contributed by atoms with Gasteiger partial charge in [0.1, 0.15) is 5.03 Å². The van der Waals surface area contributed by atoms with E-state index in [0.29, 0.717) is 5.03 Å². The standard InChI is InChI=1S/C10H15NOS/c1-2-3-4-8-12-9-6-5-7-11-10(9)13/h5-7H,2-4,8H2,1H3,(H,11,13). The number of pyridine rings is 1. The Morgan fingerprint density at radius 1 is 1.46 bits per heavy atom. The van der Waals surface area contributed by atoms with Crippen molar-refractivity contribution in [2.24, 2.45) is 0 Å². The molecule has 0 aliphatic rings. The first-order valence-electron chi connectivity index (χ1n) is 4.61. The van der Waals surface area contributed by atoms with E-state index in [1.54, 1.807) is 6.20 Å². The molecule has 0 bridgehead atoms. The topological polar surface area (TPSA) is 22.1 Å². The number of ether oxygens (including phenoxy) is 1. The first kappa shape index (κ1) is 10.4. The average Bonchev–Trinajstić information content (AvgIpc) is 2.15. The maximum absolute atomic E-state index is 5.50. The minimum absolute atomic E-state index is 0.666. The molecule has 0 unspecified atom stereocenters. The van der Waals surface area contributed by atoms with Crippen LogP contribution >= 0.6 is 12.6 Å². The van der Waals surface area contributed by atoms with Gasteiger partial charge >= 0.3 is 0 Å². The molecular formula is C10H15NOS. The normalized spacial score (nSPS) is 10.0. The van der Waals surface area contributed by atoms with Gasteiger partial charge in [-0.2, -0.15) is 0 Å². The summed E-state index contributed by atoms with van der Waals surface area (Å²) in [6.07, 6.45) is 5.23. The van der Waals surface area contributed by atoms with E-state index in [1.165, 1.54) is 12.8 Å². The van der Waals surface area contributed by atoms with Gasteiger partial charge in [0.25, 0.3) is 0 Å². The molecule has 13 heavy (non-hydrogen) atoms. The largest absolute Gasteiger partial charge is 0.491 e. The molecular weight excluding hydrogens is 182 g/mol. The van der Waals surface area contributed by atoms with Gasteiger partial charge in [0.15, 0.2) is 5.75 Å². The van der Waals surface area contributed by atoms with Crippen molar-refractivity contribution in [3.8, 4) is 5.75 Å². The highest BCUT2D eigenvalue weighted by molar-refractivity contribution is 7.80. The molecule has 1 aromatic heterocycles. The van der Waals surface area contributed by atoms with Crippen LogP contribution in [-0.2, 0) is 0 Å². The molecule has 2 nitrogen and oxygen atoms in total. The molecule has 0 aliphatic heterocycles. The van der Waals surface area contributed by atoms with Crippen LogP contribution in [0.1, 0.15) is 26.2 Å². The Morgan fingerprint density at radius 2 is 2.31 bits per heavy atom. The monoisotopic (exact) mass is 197 g/mol. The third kappa shape index (κ3) is 3.68. The Labute approximate surface area is 84.7 Å². The lowest BCUT2D eigenvalue weighted by atomic mass is 10.3. The van der Waals surface area contributed by atoms with Crippen LogP contribution in [0.4, 0.5) is 0 Å². The first-order chi connectivity index (χ1) is 6.34. The molecule has 0 fully saturated rings. The maximum Gasteiger partial charge on any atom is 0.151 e. The highest BCUT2D eigenvalue weighted by atomic mass is 32.1. The zero-order chi connectivity index (χ0) is 9.52. The quantitative estimate of drug-likeness (QED) is 0.579. The molecule has 3 heteroatoms. The van der Waals surface area contributed by atoms with Gasteiger partial charge in [0.05, 0.1) is 6.61 Å². The van der Waals surface area contributed by atoms with E-state index in [2.05, 4.69) is 24.5 Å². The SMILES string of the molecule is CCCCCOc1cccnc1S. The van der Waals surface area contributed by atoms with Crippen molar-refractivity contribution in [2.75, 3.05) is 6.61 Å². The fourth-order valence-electron chi connectivity index (χ4n) is 1.03. The van der Waals surface area contributed by atoms with Crippen molar-refractivity contribution in [2.45, 2.75) is 31.2 Å². The van der Waals surface area contributed by atoms with Gasteiger partial charge in [-0.3, -0.25) is 0 Å². The summed E-state index contributed by atoms with van der Waals surface area (Å²) < 4.78 is 5.50. The molecule has 0 saturated carbocycles. The van der Waals surface area contributed by atoms with Crippen LogP contribution in [-0.4, -0.2) is 11.6 Å². The Balaban J connectivity index is 2.32. The first-order valence-corrected chi connectivity index (χ1v) is 5.06. The van der Waals surface area contributed by atoms with Crippen LogP contribution in [0.3, 0.4) is 0 Å². The van der Waals surface area contributed by atoms with Gasteiger partial charge in [-0.05, 0) is 18.6 Å². The summed E-state index contributed by atoms with van der Waals surface area (Å²) in [7, 11) is 0. The van der Waals surface area contributed by atoms with E-state index in [-0.39, 0.29) is 0 Å². The van der Waals surface area contributed by atoms with E-state index in [9.17, 15) is 0 Å². The molecule has 0 N–H and O–H groups in total. The number of hydrogen-bond acceptors (Lipinski definition) is 3. The molecule has 0 radical (unpaired) electrons. The number of thiol groups is 1. The van der Waals surface area contributed by atoms with Gasteiger partial charge in [-0.25, -0.2) is 4.98 Å². The second-order valence-corrected chi connectivity index (χ2v) is 3.30. The van der Waals surface area contributed by atoms with Crippen molar-refractivity contribution in [1.82, 2.24) is 4.98 Å². The third-order valence-electron chi connectivity index (χ3n) is 1.76. The number of hydrogen-bond donors (Lipinski definition) is 1. The Morgan fingerprint density at radius 3 is 3.00 bits per heavy atom. The van der Waals surface area contributed by atoms with Crippen molar-refractivity contribution in [1.29, 1.82) is 0 Å². The highest BCUT2D eigenvalue weighted by Gasteiger charge is 1.98. The molecule has 0 saturated heterocycles. The van der Waals surface area contributed by atoms with Gasteiger partial charge in [0.2, 0.25) is 0 Å². The van der Waals surface area contributed by atoms with Gasteiger partial charge in [-0.1, -0.05) is 19.8 Å². The van der Waals surface area contributed by atoms with Gasteiger partial charge < -0.3 is 4.74 Å². The summed E-state index contributed by atoms with van der Waals surface area (Å²) in [5, 5.41) is 0.666. The van der Waals surface area contributed by atoms with E-state index < -0.39 is 0 Å². The minimum atomic E-state index is 0.666. The summed E-state index contributed by atoms with van der Waals surface area (Å²) >= 11 is 4.19. The summed E-state index contributed by atoms with van der Waals surface area (Å²) in [5.74, 6) is 0.780. The number of nitrogens with zero attached hydrogens (tertiary/aromatic N) is 1. The average molecular weight is 197 g/mol. The zero-order valence-electron chi connectivity index (χ0n) is 7.86. The third-order valence-corrected chi connectivity index (χ3v) is 2.09. The second-order valence-electron chi connectivity index (χ2n) is 2.88. The molecule has 72 valence electrons. The summed E-state index contributed by atoms with van der Waals surface area (Å²) in [6.45, 7) is 2.93. The molecule has 1 aromatic rings. The predicted octanol–water partition coefficient (Wildman–Crippen LogP) is 2.94. The highest BCUT2D eigenvalue weighted by Crippen LogP contribution is 2.18. The van der Waals surface area contributed by atoms with Crippen LogP contribution in [0, 0.1) is 0 Å². The van der Waals surface area contributed by atoms with Crippen molar-refractivity contribution < 1.29 is 4.74 Å². The van der Waals surface area contributed by atoms with E-state index in [1.807, 2.05) is 12.1 Å². The smallest absolute Gasteiger partial charge is 0.151 e. The van der Waals surface area contributed by atoms with Crippen LogP contribution in [0.15, 0.2) is 23.4 Å². The Bertz CT molecular complexity index is 252. The summed E-state index contributed by atoms with van der Waals surface area (Å²) in [5.41, 5.74) is 0. The lowest BCUT2D eigenvalue weighted by Gasteiger charge is -2.06. The summed E-state index contributed by atoms with van der Waals surface area (Å²) in [4.78, 5) is 4.02. The number of aromatic nitrogens is 1. The molecule has 1 heterocycles. The fraction of sp³-hybridized carbons (Fsp3) is 0.500. The summed E-state index contributed by atoms with van der Waals surface area (Å²) in [6, 6.07) is 3.75. The number of unbranched alkanes of at least 4 members (excludes halogenated alkanes) is 2. The molecule has 0 aliphatic carbocycles. The van der Waals surface area contributed by atoms with Crippen LogP contribution in [0.5, 0.6) is 5.75 Å². The number of rotatable bonds is 5. The van der Waals surface area contributed by atoms with Crippen LogP contribution in [0.2, 0.25) is 0 Å². The van der Waals surface area contributed by atoms with Gasteiger partial charge in [0, 0.05) is 6.20 Å². The molecule has 1 rings (SSSR count). The van der Waals surface area contributed by atoms with Crippen LogP contribution < -0.4 is 4.74 Å². The van der Waals surface area contributed by atoms with E-state index in [0.717, 1.165) is 18.8 Å². The van der Waals surface area contributed by atoms with Gasteiger partial charge in [-0.15, -0.1) is 12.6 Å². The minimum Gasteiger partial charge on any atom is -0.491 e. The Hall–Kier alpha value is -0.700. The lowest BCUT2D eigenvalue weighted by Crippen LogP contribution is -1.98. The van der Waals surface area contributed by atoms with E-state index in [4.69, 9.17) is 4.74 Å². The second kappa shape index (κ2) is 5.86. The molecule has 0 atom stereocenters.